The van der Waals surface area contributed by atoms with Crippen LogP contribution < -0.4 is 0 Å². The van der Waals surface area contributed by atoms with Gasteiger partial charge in [0.05, 0.1) is 44.7 Å². The van der Waals surface area contributed by atoms with E-state index in [2.05, 4.69) is 161 Å². The molecule has 9 aromatic rings. The van der Waals surface area contributed by atoms with Crippen LogP contribution in [0, 0.1) is 5.92 Å². The first-order valence-electron chi connectivity index (χ1n) is 17.9. The molecule has 2 aliphatic carbocycles. The van der Waals surface area contributed by atoms with Crippen LogP contribution in [0.2, 0.25) is 0 Å². The van der Waals surface area contributed by atoms with Gasteiger partial charge in [0.15, 0.2) is 0 Å². The Bertz CT molecular complexity index is 2940. The van der Waals surface area contributed by atoms with Gasteiger partial charge in [-0.2, -0.15) is 0 Å². The molecule has 0 fully saturated rings. The first kappa shape index (κ1) is 29.0. The van der Waals surface area contributed by atoms with Crippen LogP contribution in [-0.4, -0.2) is 19.1 Å². The Labute approximate surface area is 301 Å². The zero-order valence-electron chi connectivity index (χ0n) is 28.3. The van der Waals surface area contributed by atoms with Crippen LogP contribution in [0.25, 0.3) is 83.7 Å². The van der Waals surface area contributed by atoms with Gasteiger partial charge in [-0.1, -0.05) is 121 Å². The maximum absolute atomic E-state index is 5.16. The molecular weight excluding hydrogens is 633 g/mol. The Morgan fingerprint density at radius 3 is 1.83 bits per heavy atom. The van der Waals surface area contributed by atoms with Crippen molar-refractivity contribution in [1.29, 1.82) is 0 Å². The van der Waals surface area contributed by atoms with E-state index in [1.54, 1.807) is 0 Å². The van der Waals surface area contributed by atoms with Gasteiger partial charge < -0.3 is 9.13 Å². The Morgan fingerprint density at radius 1 is 0.442 bits per heavy atom. The molecule has 3 aromatic heterocycles. The molecule has 0 saturated carbocycles. The molecule has 3 heterocycles. The molecule has 0 radical (unpaired) electrons. The van der Waals surface area contributed by atoms with E-state index in [0.717, 1.165) is 39.2 Å². The van der Waals surface area contributed by atoms with Crippen LogP contribution >= 0.6 is 0 Å². The molecule has 2 unspecified atom stereocenters. The molecule has 6 aromatic carbocycles. The maximum Gasteiger partial charge on any atom is 0.0973 e. The topological polar surface area (TPSA) is 35.6 Å². The second-order valence-electron chi connectivity index (χ2n) is 13.8. The van der Waals surface area contributed by atoms with E-state index < -0.39 is 0 Å². The Hall–Kier alpha value is -6.78. The number of benzene rings is 6. The summed E-state index contributed by atoms with van der Waals surface area (Å²) in [7, 11) is 0. The van der Waals surface area contributed by atoms with Crippen LogP contribution in [0.4, 0.5) is 0 Å². The van der Waals surface area contributed by atoms with Gasteiger partial charge in [-0.15, -0.1) is 0 Å². The lowest BCUT2D eigenvalue weighted by molar-refractivity contribution is 0.693. The van der Waals surface area contributed by atoms with Crippen molar-refractivity contribution < 1.29 is 0 Å². The average molecular weight is 665 g/mol. The van der Waals surface area contributed by atoms with E-state index in [9.17, 15) is 0 Å². The summed E-state index contributed by atoms with van der Waals surface area (Å²) in [5.74, 6) is 0.660. The van der Waals surface area contributed by atoms with E-state index in [1.165, 1.54) is 49.7 Å². The molecule has 2 aliphatic rings. The molecule has 244 valence electrons. The monoisotopic (exact) mass is 664 g/mol. The zero-order valence-corrected chi connectivity index (χ0v) is 28.3. The SMILES string of the molecule is C1=CC2C=Cc3c(c4cc5c6ccccc6n(-c6ccc(-c7nc8ccccc8nc7-c7ccccc7)cc6)c5cc4n3-c3ccccc3)C2C=C1. The lowest BCUT2D eigenvalue weighted by Gasteiger charge is -2.26. The van der Waals surface area contributed by atoms with Gasteiger partial charge in [-0.3, -0.25) is 0 Å². The van der Waals surface area contributed by atoms with Gasteiger partial charge in [0, 0.05) is 50.5 Å². The summed E-state index contributed by atoms with van der Waals surface area (Å²) in [6.45, 7) is 0. The fourth-order valence-electron chi connectivity index (χ4n) is 8.51. The fourth-order valence-corrected chi connectivity index (χ4v) is 8.51. The minimum absolute atomic E-state index is 0.301. The first-order chi connectivity index (χ1) is 25.8. The second kappa shape index (κ2) is 11.4. The molecule has 0 spiro atoms. The van der Waals surface area contributed by atoms with Crippen LogP contribution in [0.5, 0.6) is 0 Å². The average Bonchev–Trinajstić information content (AvgIpc) is 3.72. The number of nitrogens with zero attached hydrogens (tertiary/aromatic N) is 4. The minimum Gasteiger partial charge on any atom is -0.309 e. The highest BCUT2D eigenvalue weighted by Gasteiger charge is 2.31. The van der Waals surface area contributed by atoms with E-state index in [4.69, 9.17) is 9.97 Å². The van der Waals surface area contributed by atoms with Gasteiger partial charge >= 0.3 is 0 Å². The third kappa shape index (κ3) is 4.34. The highest BCUT2D eigenvalue weighted by Crippen LogP contribution is 2.46. The number of aromatic nitrogens is 4. The van der Waals surface area contributed by atoms with Crippen LogP contribution in [0.15, 0.2) is 176 Å². The van der Waals surface area contributed by atoms with Gasteiger partial charge in [-0.05, 0) is 66.2 Å². The lowest BCUT2D eigenvalue weighted by atomic mass is 9.78. The fraction of sp³-hybridized carbons (Fsp3) is 0.0417. The predicted octanol–water partition coefficient (Wildman–Crippen LogP) is 11.9. The molecular formula is C48H32N4. The number of hydrogen-bond donors (Lipinski definition) is 0. The lowest BCUT2D eigenvalue weighted by Crippen LogP contribution is -2.13. The summed E-state index contributed by atoms with van der Waals surface area (Å²) < 4.78 is 4.87. The van der Waals surface area contributed by atoms with Gasteiger partial charge in [0.25, 0.3) is 0 Å². The van der Waals surface area contributed by atoms with Gasteiger partial charge in [0.2, 0.25) is 0 Å². The number of para-hydroxylation sites is 4. The molecule has 52 heavy (non-hydrogen) atoms. The summed E-state index contributed by atoms with van der Waals surface area (Å²) >= 11 is 0. The summed E-state index contributed by atoms with van der Waals surface area (Å²) in [6.07, 6.45) is 13.8. The highest BCUT2D eigenvalue weighted by molar-refractivity contribution is 6.14. The van der Waals surface area contributed by atoms with Crippen molar-refractivity contribution in [3.05, 3.63) is 187 Å². The van der Waals surface area contributed by atoms with Crippen molar-refractivity contribution in [3.63, 3.8) is 0 Å². The van der Waals surface area contributed by atoms with Gasteiger partial charge in [-0.25, -0.2) is 9.97 Å². The molecule has 0 bridgehead atoms. The molecule has 0 aliphatic heterocycles. The summed E-state index contributed by atoms with van der Waals surface area (Å²) in [5.41, 5.74) is 14.2. The van der Waals surface area contributed by atoms with Crippen molar-refractivity contribution in [3.8, 4) is 33.9 Å². The third-order valence-corrected chi connectivity index (χ3v) is 10.9. The number of rotatable bonds is 4. The third-order valence-electron chi connectivity index (χ3n) is 10.9. The van der Waals surface area contributed by atoms with Crippen molar-refractivity contribution in [1.82, 2.24) is 19.1 Å². The number of hydrogen-bond acceptors (Lipinski definition) is 2. The number of fused-ring (bicyclic) bond motifs is 9. The second-order valence-corrected chi connectivity index (χ2v) is 13.8. The van der Waals surface area contributed by atoms with Crippen LogP contribution in [0.1, 0.15) is 17.2 Å². The molecule has 2 atom stereocenters. The van der Waals surface area contributed by atoms with Crippen molar-refractivity contribution in [2.45, 2.75) is 5.92 Å². The molecule has 0 N–H and O–H groups in total. The maximum atomic E-state index is 5.16. The van der Waals surface area contributed by atoms with Crippen LogP contribution in [0.3, 0.4) is 0 Å². The normalized spacial score (nSPS) is 16.2. The molecule has 0 saturated heterocycles. The van der Waals surface area contributed by atoms with Crippen LogP contribution in [-0.2, 0) is 0 Å². The van der Waals surface area contributed by atoms with Gasteiger partial charge in [0.1, 0.15) is 0 Å². The van der Waals surface area contributed by atoms with E-state index in [-0.39, 0.29) is 0 Å². The first-order valence-corrected chi connectivity index (χ1v) is 17.9. The smallest absolute Gasteiger partial charge is 0.0973 e. The molecule has 0 amide bonds. The van der Waals surface area contributed by atoms with Crippen molar-refractivity contribution >= 4 is 49.8 Å². The molecule has 4 nitrogen and oxygen atoms in total. The predicted molar refractivity (Wildman–Crippen MR) is 215 cm³/mol. The number of allylic oxidation sites excluding steroid dienone is 5. The largest absolute Gasteiger partial charge is 0.309 e. The van der Waals surface area contributed by atoms with E-state index in [0.29, 0.717) is 11.8 Å². The Morgan fingerprint density at radius 2 is 1.06 bits per heavy atom. The molecule has 11 rings (SSSR count). The quantitative estimate of drug-likeness (QED) is 0.188. The van der Waals surface area contributed by atoms with Crippen molar-refractivity contribution in [2.24, 2.45) is 5.92 Å². The zero-order chi connectivity index (χ0) is 34.2. The summed E-state index contributed by atoms with van der Waals surface area (Å²) in [4.78, 5) is 10.3. The Balaban J connectivity index is 1.14. The van der Waals surface area contributed by atoms with Crippen molar-refractivity contribution in [2.75, 3.05) is 0 Å². The molecule has 4 heteroatoms. The summed E-state index contributed by atoms with van der Waals surface area (Å²) in [5, 5.41) is 3.82. The minimum atomic E-state index is 0.301. The standard InChI is InChI=1S/C48H32N4/c1-3-14-32(15-4-1)47-48(50-41-21-11-10-20-40(41)49-47)33-23-26-35(27-24-33)51-42-22-12-9-19-37(42)38-29-39-45(30-44(38)51)52(34-16-5-2-6-17-34)43-28-25-31-13-7-8-18-36(31)46(39)43/h1-31,36H. The Kier molecular flexibility index (Phi) is 6.34. The summed E-state index contributed by atoms with van der Waals surface area (Å²) in [6, 6.07) is 51.8. The van der Waals surface area contributed by atoms with E-state index >= 15 is 0 Å². The van der Waals surface area contributed by atoms with E-state index in [1.807, 2.05) is 30.3 Å². The highest BCUT2D eigenvalue weighted by atomic mass is 15.0.